The number of aliphatic hydroxyl groups is 1. The number of fused-ring (bicyclic) bond motifs is 1. The molecule has 1 unspecified atom stereocenters. The largest absolute Gasteiger partial charge is 0.508 e. The van der Waals surface area contributed by atoms with Crippen LogP contribution in [0.4, 0.5) is 18.9 Å². The van der Waals surface area contributed by atoms with Gasteiger partial charge in [0.15, 0.2) is 0 Å². The third kappa shape index (κ3) is 2.19. The van der Waals surface area contributed by atoms with Crippen LogP contribution in [-0.4, -0.2) is 16.8 Å². The van der Waals surface area contributed by atoms with Crippen LogP contribution in [0.3, 0.4) is 0 Å². The minimum absolute atomic E-state index is 0.0555. The minimum Gasteiger partial charge on any atom is -0.508 e. The molecule has 22 heavy (non-hydrogen) atoms. The number of aromatic hydroxyl groups is 1. The molecule has 0 fully saturated rings. The second-order valence-corrected chi connectivity index (χ2v) is 5.54. The molecular formula is C15H11ClF3NO2. The molecule has 116 valence electrons. The maximum atomic E-state index is 13.0. The molecule has 1 atom stereocenters. The molecule has 1 aliphatic rings. The van der Waals surface area contributed by atoms with Gasteiger partial charge in [-0.25, -0.2) is 0 Å². The van der Waals surface area contributed by atoms with E-state index in [0.717, 1.165) is 6.07 Å². The third-order valence-corrected chi connectivity index (χ3v) is 3.98. The van der Waals surface area contributed by atoms with Crippen LogP contribution in [0.2, 0.25) is 5.02 Å². The van der Waals surface area contributed by atoms with Crippen molar-refractivity contribution in [3.63, 3.8) is 0 Å². The highest BCUT2D eigenvalue weighted by Crippen LogP contribution is 2.48. The highest BCUT2D eigenvalue weighted by atomic mass is 35.5. The van der Waals surface area contributed by atoms with Crippen LogP contribution in [0.1, 0.15) is 16.7 Å². The fraction of sp³-hybridized carbons (Fsp3) is 0.200. The lowest BCUT2D eigenvalue weighted by atomic mass is 9.86. The third-order valence-electron chi connectivity index (χ3n) is 3.74. The number of β-amino-alcohol motifs (C(OH)–C–C–N with tert-alkyl or cyclic N) is 1. The predicted molar refractivity (Wildman–Crippen MR) is 76.0 cm³/mol. The summed E-state index contributed by atoms with van der Waals surface area (Å²) in [4.78, 5) is 0. The van der Waals surface area contributed by atoms with Crippen LogP contribution in [0.5, 0.6) is 5.75 Å². The van der Waals surface area contributed by atoms with Crippen molar-refractivity contribution in [2.75, 3.05) is 11.9 Å². The summed E-state index contributed by atoms with van der Waals surface area (Å²) in [5.41, 5.74) is -2.71. The average molecular weight is 330 g/mol. The summed E-state index contributed by atoms with van der Waals surface area (Å²) in [6.45, 7) is -0.191. The number of phenols is 1. The SMILES string of the molecule is Oc1ccc(Cl)cc1C1(O)CNc2c(C(F)(F)F)cccc21. The van der Waals surface area contributed by atoms with E-state index in [1.165, 1.54) is 30.3 Å². The Morgan fingerprint density at radius 2 is 1.86 bits per heavy atom. The molecule has 0 radical (unpaired) electrons. The van der Waals surface area contributed by atoms with E-state index in [4.69, 9.17) is 11.6 Å². The van der Waals surface area contributed by atoms with Crippen LogP contribution in [0.25, 0.3) is 0 Å². The van der Waals surface area contributed by atoms with E-state index in [0.29, 0.717) is 0 Å². The van der Waals surface area contributed by atoms with Crippen LogP contribution in [0.15, 0.2) is 36.4 Å². The summed E-state index contributed by atoms with van der Waals surface area (Å²) in [5.74, 6) is -0.237. The summed E-state index contributed by atoms with van der Waals surface area (Å²) in [6, 6.07) is 7.62. The van der Waals surface area contributed by atoms with Gasteiger partial charge in [0.1, 0.15) is 11.4 Å². The second kappa shape index (κ2) is 4.79. The summed E-state index contributed by atoms with van der Waals surface area (Å²) in [6.07, 6.45) is -4.54. The normalized spacial score (nSPS) is 20.6. The van der Waals surface area contributed by atoms with Crippen molar-refractivity contribution in [3.8, 4) is 5.75 Å². The Bertz CT molecular complexity index is 748. The zero-order valence-corrected chi connectivity index (χ0v) is 11.8. The quantitative estimate of drug-likeness (QED) is 0.747. The molecule has 2 aromatic carbocycles. The number of para-hydroxylation sites is 1. The zero-order valence-electron chi connectivity index (χ0n) is 11.1. The first-order valence-electron chi connectivity index (χ1n) is 6.39. The van der Waals surface area contributed by atoms with E-state index in [9.17, 15) is 23.4 Å². The predicted octanol–water partition coefficient (Wildman–Crippen LogP) is 3.73. The van der Waals surface area contributed by atoms with Gasteiger partial charge in [-0.05, 0) is 24.3 Å². The second-order valence-electron chi connectivity index (χ2n) is 5.10. The Kier molecular flexibility index (Phi) is 3.27. The average Bonchev–Trinajstić information content (AvgIpc) is 2.79. The molecule has 7 heteroatoms. The fourth-order valence-electron chi connectivity index (χ4n) is 2.72. The van der Waals surface area contributed by atoms with E-state index in [-0.39, 0.29) is 34.1 Å². The van der Waals surface area contributed by atoms with E-state index in [1.54, 1.807) is 0 Å². The highest BCUT2D eigenvalue weighted by Gasteiger charge is 2.45. The van der Waals surface area contributed by atoms with E-state index < -0.39 is 17.3 Å². The van der Waals surface area contributed by atoms with Gasteiger partial charge in [-0.2, -0.15) is 13.2 Å². The first-order valence-corrected chi connectivity index (χ1v) is 6.77. The molecule has 3 nitrogen and oxygen atoms in total. The number of anilines is 1. The smallest absolute Gasteiger partial charge is 0.418 e. The number of phenolic OH excluding ortho intramolecular Hbond substituents is 1. The van der Waals surface area contributed by atoms with Crippen molar-refractivity contribution < 1.29 is 23.4 Å². The number of rotatable bonds is 1. The molecule has 1 heterocycles. The van der Waals surface area contributed by atoms with Crippen LogP contribution >= 0.6 is 11.6 Å². The lowest BCUT2D eigenvalue weighted by Crippen LogP contribution is -2.29. The molecule has 0 spiro atoms. The molecule has 0 saturated heterocycles. The molecule has 3 rings (SSSR count). The van der Waals surface area contributed by atoms with Crippen molar-refractivity contribution in [3.05, 3.63) is 58.1 Å². The van der Waals surface area contributed by atoms with Gasteiger partial charge in [-0.1, -0.05) is 23.7 Å². The van der Waals surface area contributed by atoms with Gasteiger partial charge in [0, 0.05) is 16.1 Å². The Morgan fingerprint density at radius 3 is 2.55 bits per heavy atom. The van der Waals surface area contributed by atoms with Crippen molar-refractivity contribution >= 4 is 17.3 Å². The van der Waals surface area contributed by atoms with Gasteiger partial charge in [0.25, 0.3) is 0 Å². The minimum atomic E-state index is -4.54. The molecule has 0 amide bonds. The van der Waals surface area contributed by atoms with Gasteiger partial charge in [-0.3, -0.25) is 0 Å². The summed E-state index contributed by atoms with van der Waals surface area (Å²) < 4.78 is 39.1. The Labute approximate surface area is 129 Å². The highest BCUT2D eigenvalue weighted by molar-refractivity contribution is 6.30. The van der Waals surface area contributed by atoms with E-state index in [2.05, 4.69) is 5.32 Å². The monoisotopic (exact) mass is 329 g/mol. The molecule has 0 bridgehead atoms. The van der Waals surface area contributed by atoms with Crippen molar-refractivity contribution in [2.45, 2.75) is 11.8 Å². The summed E-state index contributed by atoms with van der Waals surface area (Å²) >= 11 is 5.87. The van der Waals surface area contributed by atoms with Crippen LogP contribution in [-0.2, 0) is 11.8 Å². The number of benzene rings is 2. The van der Waals surface area contributed by atoms with Crippen molar-refractivity contribution in [1.82, 2.24) is 0 Å². The summed E-state index contributed by atoms with van der Waals surface area (Å²) in [5, 5.41) is 23.7. The Balaban J connectivity index is 2.21. The van der Waals surface area contributed by atoms with Crippen LogP contribution < -0.4 is 5.32 Å². The van der Waals surface area contributed by atoms with Gasteiger partial charge in [0.2, 0.25) is 0 Å². The van der Waals surface area contributed by atoms with Gasteiger partial charge < -0.3 is 15.5 Å². The zero-order chi connectivity index (χ0) is 16.1. The molecule has 0 aromatic heterocycles. The lowest BCUT2D eigenvalue weighted by Gasteiger charge is -2.24. The van der Waals surface area contributed by atoms with Gasteiger partial charge in [-0.15, -0.1) is 0 Å². The maximum Gasteiger partial charge on any atom is 0.418 e. The topological polar surface area (TPSA) is 52.5 Å². The van der Waals surface area contributed by atoms with E-state index in [1.807, 2.05) is 0 Å². The molecule has 0 saturated carbocycles. The van der Waals surface area contributed by atoms with Crippen LogP contribution in [0, 0.1) is 0 Å². The van der Waals surface area contributed by atoms with Gasteiger partial charge >= 0.3 is 6.18 Å². The fourth-order valence-corrected chi connectivity index (χ4v) is 2.89. The van der Waals surface area contributed by atoms with Crippen molar-refractivity contribution in [2.24, 2.45) is 0 Å². The molecule has 0 aliphatic carbocycles. The first-order chi connectivity index (χ1) is 10.2. The van der Waals surface area contributed by atoms with Crippen molar-refractivity contribution in [1.29, 1.82) is 0 Å². The number of nitrogens with one attached hydrogen (secondary N) is 1. The van der Waals surface area contributed by atoms with Gasteiger partial charge in [0.05, 0.1) is 17.8 Å². The Hall–Kier alpha value is -1.92. The number of alkyl halides is 3. The molecular weight excluding hydrogens is 319 g/mol. The summed E-state index contributed by atoms with van der Waals surface area (Å²) in [7, 11) is 0. The first kappa shape index (κ1) is 15.0. The molecule has 2 aromatic rings. The maximum absolute atomic E-state index is 13.0. The number of hydrogen-bond donors (Lipinski definition) is 3. The standard InChI is InChI=1S/C15H11ClF3NO2/c16-8-4-5-12(21)11(6-8)14(22)7-20-13-9(14)2-1-3-10(13)15(17,18)19/h1-6,20-22H,7H2. The Morgan fingerprint density at radius 1 is 1.14 bits per heavy atom. The molecule has 3 N–H and O–H groups in total. The number of hydrogen-bond acceptors (Lipinski definition) is 3. The number of halogens is 4. The van der Waals surface area contributed by atoms with E-state index >= 15 is 0 Å². The molecule has 1 aliphatic heterocycles. The lowest BCUT2D eigenvalue weighted by molar-refractivity contribution is -0.136.